The van der Waals surface area contributed by atoms with E-state index in [1.165, 1.54) is 0 Å². The number of nitrogens with one attached hydrogen (secondary N) is 1. The second kappa shape index (κ2) is 6.02. The van der Waals surface area contributed by atoms with Crippen molar-refractivity contribution in [2.45, 2.75) is 25.8 Å². The average Bonchev–Trinajstić information content (AvgIpc) is 3.25. The molecule has 0 saturated carbocycles. The lowest BCUT2D eigenvalue weighted by atomic mass is 9.86. The Morgan fingerprint density at radius 2 is 1.92 bits per heavy atom. The van der Waals surface area contributed by atoms with Gasteiger partial charge in [-0.25, -0.2) is 4.98 Å². The largest absolute Gasteiger partial charge is 0.497 e. The van der Waals surface area contributed by atoms with Crippen LogP contribution in [0, 0.1) is 0 Å². The highest BCUT2D eigenvalue weighted by Gasteiger charge is 2.43. The van der Waals surface area contributed by atoms with Crippen LogP contribution in [0.1, 0.15) is 25.0 Å². The van der Waals surface area contributed by atoms with Gasteiger partial charge in [0.1, 0.15) is 5.75 Å². The first-order valence-corrected chi connectivity index (χ1v) is 8.59. The van der Waals surface area contributed by atoms with E-state index in [0.717, 1.165) is 33.8 Å². The highest BCUT2D eigenvalue weighted by molar-refractivity contribution is 6.08. The quantitative estimate of drug-likeness (QED) is 0.778. The lowest BCUT2D eigenvalue weighted by Gasteiger charge is -2.20. The number of anilines is 1. The molecule has 1 aliphatic rings. The smallest absolute Gasteiger partial charge is 0.237 e. The zero-order valence-electron chi connectivity index (χ0n) is 15.1. The summed E-state index contributed by atoms with van der Waals surface area (Å²) < 4.78 is 5.22. The van der Waals surface area contributed by atoms with Crippen LogP contribution in [-0.2, 0) is 16.8 Å². The molecule has 2 aromatic carbocycles. The number of imidazole rings is 1. The van der Waals surface area contributed by atoms with Crippen molar-refractivity contribution in [1.29, 1.82) is 0 Å². The summed E-state index contributed by atoms with van der Waals surface area (Å²) in [6.45, 7) is 4.50. The molecule has 4 rings (SSSR count). The third kappa shape index (κ3) is 2.56. The highest BCUT2D eigenvalue weighted by Crippen LogP contribution is 2.43. The van der Waals surface area contributed by atoms with Gasteiger partial charge in [0, 0.05) is 17.4 Å². The highest BCUT2D eigenvalue weighted by atomic mass is 16.5. The lowest BCUT2D eigenvalue weighted by molar-refractivity contribution is -0.122. The van der Waals surface area contributed by atoms with Gasteiger partial charge >= 0.3 is 0 Å². The van der Waals surface area contributed by atoms with Crippen LogP contribution < -0.4 is 9.64 Å². The standard InChI is InChI=1S/C21H21N3O2/c1-21(2)17-9-6-15(18-11-22-13-23-18)10-19(17)24(20(21)25)12-14-4-7-16(26-3)8-5-14/h4-11,13H,12H2,1-3H3,(H,22,23). The van der Waals surface area contributed by atoms with Crippen molar-refractivity contribution in [3.63, 3.8) is 0 Å². The maximum absolute atomic E-state index is 13.1. The third-order valence-electron chi connectivity index (χ3n) is 5.04. The fourth-order valence-electron chi connectivity index (χ4n) is 3.49. The van der Waals surface area contributed by atoms with Crippen LogP contribution in [0.25, 0.3) is 11.3 Å². The number of benzene rings is 2. The topological polar surface area (TPSA) is 58.2 Å². The summed E-state index contributed by atoms with van der Waals surface area (Å²) in [7, 11) is 1.65. The van der Waals surface area contributed by atoms with Crippen molar-refractivity contribution >= 4 is 11.6 Å². The van der Waals surface area contributed by atoms with Crippen molar-refractivity contribution in [2.24, 2.45) is 0 Å². The molecule has 0 fully saturated rings. The van der Waals surface area contributed by atoms with Crippen LogP contribution in [0.15, 0.2) is 55.0 Å². The second-order valence-corrected chi connectivity index (χ2v) is 7.05. The summed E-state index contributed by atoms with van der Waals surface area (Å²) in [5.74, 6) is 0.922. The number of H-pyrrole nitrogens is 1. The van der Waals surface area contributed by atoms with Gasteiger partial charge in [-0.3, -0.25) is 4.79 Å². The molecule has 26 heavy (non-hydrogen) atoms. The predicted octanol–water partition coefficient (Wildman–Crippen LogP) is 3.91. The molecular weight excluding hydrogens is 326 g/mol. The Labute approximate surface area is 152 Å². The van der Waals surface area contributed by atoms with Gasteiger partial charge in [0.05, 0.1) is 31.1 Å². The van der Waals surface area contributed by atoms with E-state index >= 15 is 0 Å². The predicted molar refractivity (Wildman–Crippen MR) is 101 cm³/mol. The van der Waals surface area contributed by atoms with E-state index in [-0.39, 0.29) is 5.91 Å². The van der Waals surface area contributed by atoms with Crippen molar-refractivity contribution in [3.8, 4) is 17.0 Å². The van der Waals surface area contributed by atoms with Crippen LogP contribution in [-0.4, -0.2) is 23.0 Å². The van der Waals surface area contributed by atoms with Gasteiger partial charge in [-0.15, -0.1) is 0 Å². The Hall–Kier alpha value is -3.08. The first-order valence-electron chi connectivity index (χ1n) is 8.59. The van der Waals surface area contributed by atoms with Crippen LogP contribution >= 0.6 is 0 Å². The summed E-state index contributed by atoms with van der Waals surface area (Å²) in [5.41, 5.74) is 4.40. The van der Waals surface area contributed by atoms with Crippen LogP contribution in [0.4, 0.5) is 5.69 Å². The first-order chi connectivity index (χ1) is 12.5. The van der Waals surface area contributed by atoms with Crippen molar-refractivity contribution < 1.29 is 9.53 Å². The number of nitrogens with zero attached hydrogens (tertiary/aromatic N) is 2. The summed E-state index contributed by atoms with van der Waals surface area (Å²) in [6.07, 6.45) is 3.52. The normalized spacial score (nSPS) is 15.2. The number of aromatic nitrogens is 2. The summed E-state index contributed by atoms with van der Waals surface area (Å²) in [5, 5.41) is 0. The molecule has 5 heteroatoms. The number of carbonyl (C=O) groups excluding carboxylic acids is 1. The summed E-state index contributed by atoms with van der Waals surface area (Å²) in [6, 6.07) is 14.0. The molecule has 0 aliphatic carbocycles. The Morgan fingerprint density at radius 3 is 2.58 bits per heavy atom. The van der Waals surface area contributed by atoms with E-state index in [1.807, 2.05) is 61.3 Å². The molecule has 0 atom stereocenters. The Kier molecular flexibility index (Phi) is 3.80. The first kappa shape index (κ1) is 16.4. The van der Waals surface area contributed by atoms with Gasteiger partial charge in [-0.05, 0) is 43.2 Å². The number of carbonyl (C=O) groups is 1. The molecule has 0 saturated heterocycles. The average molecular weight is 347 g/mol. The Balaban J connectivity index is 1.74. The van der Waals surface area contributed by atoms with E-state index < -0.39 is 5.41 Å². The number of amides is 1. The van der Waals surface area contributed by atoms with E-state index in [4.69, 9.17) is 4.74 Å². The van der Waals surface area contributed by atoms with Crippen molar-refractivity contribution in [3.05, 3.63) is 66.1 Å². The molecular formula is C21H21N3O2. The monoisotopic (exact) mass is 347 g/mol. The van der Waals surface area contributed by atoms with Gasteiger partial charge in [0.2, 0.25) is 5.91 Å². The SMILES string of the molecule is COc1ccc(CN2C(=O)C(C)(C)c3ccc(-c4c[nH]cn4)cc32)cc1. The number of methoxy groups -OCH3 is 1. The fraction of sp³-hybridized carbons (Fsp3) is 0.238. The maximum atomic E-state index is 13.1. The number of ether oxygens (including phenoxy) is 1. The van der Waals surface area contributed by atoms with Gasteiger partial charge in [0.15, 0.2) is 0 Å². The zero-order chi connectivity index (χ0) is 18.3. The molecule has 0 bridgehead atoms. The van der Waals surface area contributed by atoms with E-state index in [9.17, 15) is 4.79 Å². The molecule has 1 N–H and O–H groups in total. The Morgan fingerprint density at radius 1 is 1.15 bits per heavy atom. The molecule has 1 amide bonds. The molecule has 2 heterocycles. The molecule has 1 aromatic heterocycles. The molecule has 132 valence electrons. The van der Waals surface area contributed by atoms with E-state index in [1.54, 1.807) is 13.4 Å². The molecule has 3 aromatic rings. The molecule has 0 unspecified atom stereocenters. The van der Waals surface area contributed by atoms with Gasteiger partial charge in [-0.2, -0.15) is 0 Å². The molecule has 5 nitrogen and oxygen atoms in total. The summed E-state index contributed by atoms with van der Waals surface area (Å²) in [4.78, 5) is 22.3. The minimum atomic E-state index is -0.536. The lowest BCUT2D eigenvalue weighted by Crippen LogP contribution is -2.35. The molecule has 1 aliphatic heterocycles. The minimum absolute atomic E-state index is 0.113. The number of hydrogen-bond donors (Lipinski definition) is 1. The van der Waals surface area contributed by atoms with Crippen LogP contribution in [0.3, 0.4) is 0 Å². The van der Waals surface area contributed by atoms with Gasteiger partial charge < -0.3 is 14.6 Å². The number of hydrogen-bond acceptors (Lipinski definition) is 3. The van der Waals surface area contributed by atoms with Crippen LogP contribution in [0.2, 0.25) is 0 Å². The maximum Gasteiger partial charge on any atom is 0.237 e. The van der Waals surface area contributed by atoms with Gasteiger partial charge in [0.25, 0.3) is 0 Å². The number of aromatic amines is 1. The van der Waals surface area contributed by atoms with E-state index in [2.05, 4.69) is 16.0 Å². The number of fused-ring (bicyclic) bond motifs is 1. The zero-order valence-corrected chi connectivity index (χ0v) is 15.1. The third-order valence-corrected chi connectivity index (χ3v) is 5.04. The molecule has 0 radical (unpaired) electrons. The minimum Gasteiger partial charge on any atom is -0.497 e. The fourth-order valence-corrected chi connectivity index (χ4v) is 3.49. The van der Waals surface area contributed by atoms with Crippen molar-refractivity contribution in [2.75, 3.05) is 12.0 Å². The van der Waals surface area contributed by atoms with E-state index in [0.29, 0.717) is 6.54 Å². The number of rotatable bonds is 4. The van der Waals surface area contributed by atoms with Gasteiger partial charge in [-0.1, -0.05) is 24.3 Å². The van der Waals surface area contributed by atoms with Crippen LogP contribution in [0.5, 0.6) is 5.75 Å². The van der Waals surface area contributed by atoms with Crippen molar-refractivity contribution in [1.82, 2.24) is 9.97 Å². The Bertz CT molecular complexity index is 944. The molecule has 0 spiro atoms. The summed E-state index contributed by atoms with van der Waals surface area (Å²) >= 11 is 0. The second-order valence-electron chi connectivity index (χ2n) is 7.05.